The van der Waals surface area contributed by atoms with Crippen LogP contribution < -0.4 is 5.32 Å². The van der Waals surface area contributed by atoms with Crippen molar-refractivity contribution in [2.75, 3.05) is 0 Å². The van der Waals surface area contributed by atoms with Crippen LogP contribution in [0.3, 0.4) is 0 Å². The number of hydrogen-bond acceptors (Lipinski definition) is 1. The van der Waals surface area contributed by atoms with E-state index in [4.69, 9.17) is 0 Å². The molecule has 0 bridgehead atoms. The van der Waals surface area contributed by atoms with Crippen molar-refractivity contribution in [1.29, 1.82) is 0 Å². The van der Waals surface area contributed by atoms with Gasteiger partial charge in [-0.2, -0.15) is 0 Å². The molecule has 19 heavy (non-hydrogen) atoms. The molecule has 98 valence electrons. The number of rotatable bonds is 3. The number of carbonyl (C=O) groups excluding carboxylic acids is 1. The largest absolute Gasteiger partial charge is 0.348 e. The zero-order valence-electron chi connectivity index (χ0n) is 10.4. The summed E-state index contributed by atoms with van der Waals surface area (Å²) in [5, 5.41) is 2.96. The number of hydrogen-bond donors (Lipinski definition) is 1. The fourth-order valence-corrected chi connectivity index (χ4v) is 2.69. The Balaban J connectivity index is 2.10. The molecular formula is C15H13BrINO. The van der Waals surface area contributed by atoms with E-state index in [9.17, 15) is 4.79 Å². The Morgan fingerprint density at radius 1 is 1.26 bits per heavy atom. The molecule has 0 saturated carbocycles. The maximum absolute atomic E-state index is 12.2. The average Bonchev–Trinajstić information content (AvgIpc) is 2.40. The fourth-order valence-electron chi connectivity index (χ4n) is 1.75. The van der Waals surface area contributed by atoms with Gasteiger partial charge in [0.05, 0.1) is 5.56 Å². The van der Waals surface area contributed by atoms with E-state index < -0.39 is 0 Å². The number of aryl methyl sites for hydroxylation is 1. The van der Waals surface area contributed by atoms with Gasteiger partial charge in [-0.05, 0) is 58.8 Å². The van der Waals surface area contributed by atoms with Gasteiger partial charge in [-0.15, -0.1) is 0 Å². The minimum atomic E-state index is -0.0473. The highest BCUT2D eigenvalue weighted by atomic mass is 127. The standard InChI is InChI=1S/C15H13BrINO/c1-10-4-2-3-5-11(10)9-18-15(19)13-8-12(16)6-7-14(13)17/h2-8H,9H2,1H3,(H,18,19). The van der Waals surface area contributed by atoms with Gasteiger partial charge in [0, 0.05) is 14.6 Å². The van der Waals surface area contributed by atoms with E-state index in [1.165, 1.54) is 5.56 Å². The van der Waals surface area contributed by atoms with Gasteiger partial charge in [0.25, 0.3) is 5.91 Å². The monoisotopic (exact) mass is 429 g/mol. The molecule has 2 aromatic rings. The molecule has 1 N–H and O–H groups in total. The van der Waals surface area contributed by atoms with Gasteiger partial charge in [0.2, 0.25) is 0 Å². The van der Waals surface area contributed by atoms with Crippen LogP contribution in [0.5, 0.6) is 0 Å². The summed E-state index contributed by atoms with van der Waals surface area (Å²) < 4.78 is 1.86. The van der Waals surface area contributed by atoms with Crippen molar-refractivity contribution in [1.82, 2.24) is 5.32 Å². The van der Waals surface area contributed by atoms with Crippen LogP contribution in [0.2, 0.25) is 0 Å². The Morgan fingerprint density at radius 3 is 2.74 bits per heavy atom. The number of halogens is 2. The second-order valence-corrected chi connectivity index (χ2v) is 6.31. The van der Waals surface area contributed by atoms with Crippen LogP contribution in [-0.2, 0) is 6.54 Å². The fraction of sp³-hybridized carbons (Fsp3) is 0.133. The molecule has 1 amide bonds. The molecule has 2 rings (SSSR count). The lowest BCUT2D eigenvalue weighted by Gasteiger charge is -2.09. The Hall–Kier alpha value is -0.880. The van der Waals surface area contributed by atoms with Gasteiger partial charge in [-0.1, -0.05) is 40.2 Å². The second kappa shape index (κ2) is 6.52. The molecular weight excluding hydrogens is 417 g/mol. The number of benzene rings is 2. The summed E-state index contributed by atoms with van der Waals surface area (Å²) in [7, 11) is 0. The van der Waals surface area contributed by atoms with E-state index >= 15 is 0 Å². The minimum Gasteiger partial charge on any atom is -0.348 e. The van der Waals surface area contributed by atoms with Crippen LogP contribution in [0.1, 0.15) is 21.5 Å². The predicted molar refractivity (Wildman–Crippen MR) is 89.2 cm³/mol. The molecule has 0 aliphatic carbocycles. The van der Waals surface area contributed by atoms with Crippen molar-refractivity contribution in [3.63, 3.8) is 0 Å². The molecule has 0 heterocycles. The molecule has 0 unspecified atom stereocenters. The van der Waals surface area contributed by atoms with E-state index in [0.29, 0.717) is 12.1 Å². The molecule has 0 fully saturated rings. The van der Waals surface area contributed by atoms with E-state index in [0.717, 1.165) is 13.6 Å². The zero-order chi connectivity index (χ0) is 13.8. The summed E-state index contributed by atoms with van der Waals surface area (Å²) in [5.74, 6) is -0.0473. The highest BCUT2D eigenvalue weighted by Crippen LogP contribution is 2.18. The minimum absolute atomic E-state index is 0.0473. The van der Waals surface area contributed by atoms with Crippen molar-refractivity contribution in [2.45, 2.75) is 13.5 Å². The third kappa shape index (κ3) is 3.79. The van der Waals surface area contributed by atoms with Crippen molar-refractivity contribution in [3.8, 4) is 0 Å². The first-order chi connectivity index (χ1) is 9.08. The quantitative estimate of drug-likeness (QED) is 0.724. The number of nitrogens with one attached hydrogen (secondary N) is 1. The highest BCUT2D eigenvalue weighted by molar-refractivity contribution is 14.1. The first-order valence-electron chi connectivity index (χ1n) is 5.85. The van der Waals surface area contributed by atoms with Crippen LogP contribution in [0, 0.1) is 10.5 Å². The Labute approximate surface area is 134 Å². The van der Waals surface area contributed by atoms with E-state index in [1.54, 1.807) is 0 Å². The molecule has 0 spiro atoms. The summed E-state index contributed by atoms with van der Waals surface area (Å²) in [5.41, 5.74) is 3.02. The topological polar surface area (TPSA) is 29.1 Å². The maximum atomic E-state index is 12.2. The first-order valence-corrected chi connectivity index (χ1v) is 7.73. The SMILES string of the molecule is Cc1ccccc1CNC(=O)c1cc(Br)ccc1I. The molecule has 4 heteroatoms. The smallest absolute Gasteiger partial charge is 0.252 e. The van der Waals surface area contributed by atoms with Crippen LogP contribution in [0.25, 0.3) is 0 Å². The molecule has 2 aromatic carbocycles. The van der Waals surface area contributed by atoms with Crippen molar-refractivity contribution >= 4 is 44.4 Å². The summed E-state index contributed by atoms with van der Waals surface area (Å²) >= 11 is 5.56. The summed E-state index contributed by atoms with van der Waals surface area (Å²) in [6, 6.07) is 13.8. The Kier molecular flexibility index (Phi) is 4.99. The normalized spacial score (nSPS) is 10.3. The summed E-state index contributed by atoms with van der Waals surface area (Å²) in [4.78, 5) is 12.2. The molecule has 0 aliphatic rings. The van der Waals surface area contributed by atoms with Crippen LogP contribution in [0.15, 0.2) is 46.9 Å². The van der Waals surface area contributed by atoms with E-state index in [1.807, 2.05) is 49.4 Å². The molecule has 2 nitrogen and oxygen atoms in total. The zero-order valence-corrected chi connectivity index (χ0v) is 14.2. The highest BCUT2D eigenvalue weighted by Gasteiger charge is 2.10. The average molecular weight is 430 g/mol. The van der Waals surface area contributed by atoms with Gasteiger partial charge in [0.1, 0.15) is 0 Å². The summed E-state index contributed by atoms with van der Waals surface area (Å²) in [6.07, 6.45) is 0. The van der Waals surface area contributed by atoms with Crippen molar-refractivity contribution < 1.29 is 4.79 Å². The van der Waals surface area contributed by atoms with Crippen LogP contribution in [-0.4, -0.2) is 5.91 Å². The van der Waals surface area contributed by atoms with E-state index in [2.05, 4.69) is 43.8 Å². The molecule has 0 atom stereocenters. The van der Waals surface area contributed by atoms with Crippen molar-refractivity contribution in [3.05, 3.63) is 67.2 Å². The third-order valence-electron chi connectivity index (χ3n) is 2.87. The lowest BCUT2D eigenvalue weighted by Crippen LogP contribution is -2.24. The number of amides is 1. The molecule has 0 aromatic heterocycles. The molecule has 0 saturated heterocycles. The first kappa shape index (κ1) is 14.5. The van der Waals surface area contributed by atoms with Gasteiger partial charge in [0.15, 0.2) is 0 Å². The maximum Gasteiger partial charge on any atom is 0.252 e. The Morgan fingerprint density at radius 2 is 2.00 bits per heavy atom. The van der Waals surface area contributed by atoms with Gasteiger partial charge in [-0.25, -0.2) is 0 Å². The van der Waals surface area contributed by atoms with Gasteiger partial charge < -0.3 is 5.32 Å². The molecule has 0 radical (unpaired) electrons. The summed E-state index contributed by atoms with van der Waals surface area (Å²) in [6.45, 7) is 2.60. The lowest BCUT2D eigenvalue weighted by atomic mass is 10.1. The predicted octanol–water partition coefficient (Wildman–Crippen LogP) is 4.29. The Bertz CT molecular complexity index is 613. The third-order valence-corrected chi connectivity index (χ3v) is 4.31. The van der Waals surface area contributed by atoms with Crippen LogP contribution >= 0.6 is 38.5 Å². The van der Waals surface area contributed by atoms with Gasteiger partial charge >= 0.3 is 0 Å². The van der Waals surface area contributed by atoms with Gasteiger partial charge in [-0.3, -0.25) is 4.79 Å². The molecule has 0 aliphatic heterocycles. The number of carbonyl (C=O) groups is 1. The lowest BCUT2D eigenvalue weighted by molar-refractivity contribution is 0.0950. The van der Waals surface area contributed by atoms with Crippen LogP contribution in [0.4, 0.5) is 0 Å². The van der Waals surface area contributed by atoms with E-state index in [-0.39, 0.29) is 5.91 Å². The van der Waals surface area contributed by atoms with Crippen molar-refractivity contribution in [2.24, 2.45) is 0 Å². The second-order valence-electron chi connectivity index (χ2n) is 4.23.